The number of carbonyl (C=O) groups excluding carboxylic acids is 1. The van der Waals surface area contributed by atoms with Crippen molar-refractivity contribution in [3.05, 3.63) is 83.9 Å². The molecule has 0 saturated carbocycles. The molecule has 1 aromatic heterocycles. The first-order valence-electron chi connectivity index (χ1n) is 10.2. The molecule has 0 spiro atoms. The topological polar surface area (TPSA) is 69.5 Å². The van der Waals surface area contributed by atoms with Crippen molar-refractivity contribution < 1.29 is 14.3 Å². The number of ether oxygens (including phenoxy) is 2. The van der Waals surface area contributed by atoms with E-state index in [9.17, 15) is 4.79 Å². The van der Waals surface area contributed by atoms with Crippen molar-refractivity contribution in [3.8, 4) is 11.5 Å². The Morgan fingerprint density at radius 2 is 1.77 bits per heavy atom. The van der Waals surface area contributed by atoms with Crippen LogP contribution in [0, 0.1) is 0 Å². The standard InChI is InChI=1S/C24H22N4O3/c1-27(15-19-16-30-22-8-4-5-9-23(22)31-19)24(29)18-12-10-17(11-13-18)14-28-21-7-3-2-6-20(21)25-26-28/h2-13,19H,14-16H2,1H3. The van der Waals surface area contributed by atoms with E-state index < -0.39 is 0 Å². The molecule has 1 aliphatic rings. The molecule has 1 amide bonds. The highest BCUT2D eigenvalue weighted by atomic mass is 16.6. The molecule has 1 unspecified atom stereocenters. The van der Waals surface area contributed by atoms with E-state index in [1.807, 2.05) is 77.5 Å². The Morgan fingerprint density at radius 1 is 1.03 bits per heavy atom. The van der Waals surface area contributed by atoms with Crippen molar-refractivity contribution in [2.75, 3.05) is 20.2 Å². The lowest BCUT2D eigenvalue weighted by atomic mass is 10.1. The van der Waals surface area contributed by atoms with Crippen LogP contribution in [0.5, 0.6) is 11.5 Å². The summed E-state index contributed by atoms with van der Waals surface area (Å²) in [5.74, 6) is 1.40. The number of benzene rings is 3. The molecule has 31 heavy (non-hydrogen) atoms. The van der Waals surface area contributed by atoms with Crippen LogP contribution < -0.4 is 9.47 Å². The first-order chi connectivity index (χ1) is 15.2. The highest BCUT2D eigenvalue weighted by Gasteiger charge is 2.24. The summed E-state index contributed by atoms with van der Waals surface area (Å²) in [4.78, 5) is 14.5. The molecule has 0 radical (unpaired) electrons. The number of fused-ring (bicyclic) bond motifs is 2. The lowest BCUT2D eigenvalue weighted by Crippen LogP contribution is -2.41. The van der Waals surface area contributed by atoms with E-state index in [0.717, 1.165) is 22.3 Å². The summed E-state index contributed by atoms with van der Waals surface area (Å²) in [5, 5.41) is 8.41. The Bertz CT molecular complexity index is 1220. The van der Waals surface area contributed by atoms with Gasteiger partial charge >= 0.3 is 0 Å². The number of amides is 1. The van der Waals surface area contributed by atoms with Crippen LogP contribution in [0.3, 0.4) is 0 Å². The normalized spacial score (nSPS) is 15.1. The molecule has 2 heterocycles. The van der Waals surface area contributed by atoms with Crippen molar-refractivity contribution in [1.29, 1.82) is 0 Å². The first kappa shape index (κ1) is 19.1. The third-order valence-corrected chi connectivity index (χ3v) is 5.35. The number of hydrogen-bond acceptors (Lipinski definition) is 5. The fourth-order valence-electron chi connectivity index (χ4n) is 3.72. The highest BCUT2D eigenvalue weighted by molar-refractivity contribution is 5.94. The first-order valence-corrected chi connectivity index (χ1v) is 10.2. The van der Waals surface area contributed by atoms with Crippen LogP contribution in [0.4, 0.5) is 0 Å². The second-order valence-corrected chi connectivity index (χ2v) is 7.62. The number of likely N-dealkylation sites (N-methyl/N-ethyl adjacent to an activating group) is 1. The zero-order valence-electron chi connectivity index (χ0n) is 17.1. The van der Waals surface area contributed by atoms with Crippen molar-refractivity contribution in [2.24, 2.45) is 0 Å². The average Bonchev–Trinajstić information content (AvgIpc) is 3.22. The van der Waals surface area contributed by atoms with Crippen molar-refractivity contribution in [3.63, 3.8) is 0 Å². The van der Waals surface area contributed by atoms with Crippen LogP contribution in [0.15, 0.2) is 72.8 Å². The molecule has 3 aromatic carbocycles. The van der Waals surface area contributed by atoms with Gasteiger partial charge in [-0.2, -0.15) is 0 Å². The molecule has 156 valence electrons. The van der Waals surface area contributed by atoms with Gasteiger partial charge in [-0.05, 0) is 42.0 Å². The van der Waals surface area contributed by atoms with Gasteiger partial charge in [0.15, 0.2) is 17.6 Å². The Hall–Kier alpha value is -3.87. The predicted octanol–water partition coefficient (Wildman–Crippen LogP) is 3.39. The van der Waals surface area contributed by atoms with Gasteiger partial charge in [-0.3, -0.25) is 4.79 Å². The number of rotatable bonds is 5. The monoisotopic (exact) mass is 414 g/mol. The summed E-state index contributed by atoms with van der Waals surface area (Å²) < 4.78 is 13.6. The van der Waals surface area contributed by atoms with Crippen molar-refractivity contribution in [2.45, 2.75) is 12.6 Å². The van der Waals surface area contributed by atoms with Crippen LogP contribution in [-0.2, 0) is 6.54 Å². The summed E-state index contributed by atoms with van der Waals surface area (Å²) >= 11 is 0. The predicted molar refractivity (Wildman–Crippen MR) is 116 cm³/mol. The maximum absolute atomic E-state index is 12.9. The lowest BCUT2D eigenvalue weighted by Gasteiger charge is -2.29. The fraction of sp³-hybridized carbons (Fsp3) is 0.208. The molecule has 1 atom stereocenters. The average molecular weight is 414 g/mol. The van der Waals surface area contributed by atoms with Crippen LogP contribution >= 0.6 is 0 Å². The smallest absolute Gasteiger partial charge is 0.253 e. The zero-order chi connectivity index (χ0) is 21.2. The van der Waals surface area contributed by atoms with Gasteiger partial charge in [0.25, 0.3) is 5.91 Å². The minimum absolute atomic E-state index is 0.0554. The minimum atomic E-state index is -0.205. The highest BCUT2D eigenvalue weighted by Crippen LogP contribution is 2.31. The second kappa shape index (κ2) is 8.10. The fourth-order valence-corrected chi connectivity index (χ4v) is 3.72. The number of nitrogens with zero attached hydrogens (tertiary/aromatic N) is 4. The molecular weight excluding hydrogens is 392 g/mol. The molecule has 7 nitrogen and oxygen atoms in total. The van der Waals surface area contributed by atoms with Crippen LogP contribution in [0.1, 0.15) is 15.9 Å². The Morgan fingerprint density at radius 3 is 2.61 bits per heavy atom. The van der Waals surface area contributed by atoms with E-state index in [1.165, 1.54) is 0 Å². The summed E-state index contributed by atoms with van der Waals surface area (Å²) in [7, 11) is 1.78. The molecule has 0 bridgehead atoms. The van der Waals surface area contributed by atoms with Crippen LogP contribution in [0.2, 0.25) is 0 Å². The van der Waals surface area contributed by atoms with E-state index in [-0.39, 0.29) is 12.0 Å². The maximum Gasteiger partial charge on any atom is 0.253 e. The second-order valence-electron chi connectivity index (χ2n) is 7.62. The number of carbonyl (C=O) groups is 1. The summed E-state index contributed by atoms with van der Waals surface area (Å²) in [5.41, 5.74) is 3.54. The summed E-state index contributed by atoms with van der Waals surface area (Å²) in [6.07, 6.45) is -0.205. The maximum atomic E-state index is 12.9. The molecule has 0 saturated heterocycles. The number of hydrogen-bond donors (Lipinski definition) is 0. The van der Waals surface area contributed by atoms with E-state index in [1.54, 1.807) is 11.9 Å². The third-order valence-electron chi connectivity index (χ3n) is 5.35. The molecular formula is C24H22N4O3. The molecule has 7 heteroatoms. The van der Waals surface area contributed by atoms with Crippen molar-refractivity contribution >= 4 is 16.9 Å². The molecule has 1 aliphatic heterocycles. The van der Waals surface area contributed by atoms with Gasteiger partial charge in [0.2, 0.25) is 0 Å². The Labute approximate surface area is 179 Å². The summed E-state index contributed by atoms with van der Waals surface area (Å²) in [6, 6.07) is 23.0. The zero-order valence-corrected chi connectivity index (χ0v) is 17.1. The van der Waals surface area contributed by atoms with Gasteiger partial charge in [-0.25, -0.2) is 4.68 Å². The molecule has 0 N–H and O–H groups in total. The largest absolute Gasteiger partial charge is 0.486 e. The third kappa shape index (κ3) is 3.94. The van der Waals surface area contributed by atoms with Gasteiger partial charge < -0.3 is 14.4 Å². The van der Waals surface area contributed by atoms with Gasteiger partial charge in [0.05, 0.1) is 18.6 Å². The van der Waals surface area contributed by atoms with E-state index in [2.05, 4.69) is 10.3 Å². The lowest BCUT2D eigenvalue weighted by molar-refractivity contribution is 0.0521. The molecule has 5 rings (SSSR count). The molecule has 4 aromatic rings. The van der Waals surface area contributed by atoms with Crippen LogP contribution in [0.25, 0.3) is 11.0 Å². The summed E-state index contributed by atoms with van der Waals surface area (Å²) in [6.45, 7) is 1.46. The van der Waals surface area contributed by atoms with Gasteiger partial charge in [0, 0.05) is 12.6 Å². The van der Waals surface area contributed by atoms with Crippen molar-refractivity contribution in [1.82, 2.24) is 19.9 Å². The van der Waals surface area contributed by atoms with E-state index in [0.29, 0.717) is 31.0 Å². The van der Waals surface area contributed by atoms with E-state index >= 15 is 0 Å². The van der Waals surface area contributed by atoms with Crippen LogP contribution in [-0.4, -0.2) is 52.1 Å². The van der Waals surface area contributed by atoms with E-state index in [4.69, 9.17) is 9.47 Å². The SMILES string of the molecule is CN(CC1COc2ccccc2O1)C(=O)c1ccc(Cn2nnc3ccccc32)cc1. The number of aromatic nitrogens is 3. The quantitative estimate of drug-likeness (QED) is 0.501. The van der Waals surface area contributed by atoms with Gasteiger partial charge in [-0.1, -0.05) is 41.6 Å². The number of para-hydroxylation sites is 3. The molecule has 0 fully saturated rings. The molecule has 0 aliphatic carbocycles. The Balaban J connectivity index is 1.23. The van der Waals surface area contributed by atoms with Gasteiger partial charge in [-0.15, -0.1) is 5.10 Å². The minimum Gasteiger partial charge on any atom is -0.486 e. The van der Waals surface area contributed by atoms with Gasteiger partial charge in [0.1, 0.15) is 12.1 Å². The Kier molecular flexibility index (Phi) is 5.00.